The van der Waals surface area contributed by atoms with Crippen molar-refractivity contribution in [1.82, 2.24) is 19.5 Å². The van der Waals surface area contributed by atoms with E-state index in [1.165, 1.54) is 4.68 Å². The van der Waals surface area contributed by atoms with E-state index in [0.717, 1.165) is 27.8 Å². The molecule has 7 nitrogen and oxygen atoms in total. The van der Waals surface area contributed by atoms with Gasteiger partial charge in [-0.25, -0.2) is 4.68 Å². The van der Waals surface area contributed by atoms with Crippen molar-refractivity contribution in [2.75, 3.05) is 6.61 Å². The molecule has 4 aromatic rings. The van der Waals surface area contributed by atoms with Gasteiger partial charge in [-0.2, -0.15) is 5.10 Å². The van der Waals surface area contributed by atoms with E-state index in [-0.39, 0.29) is 18.0 Å². The van der Waals surface area contributed by atoms with Crippen LogP contribution >= 0.6 is 0 Å². The maximum atomic E-state index is 12.9. The van der Waals surface area contributed by atoms with Crippen LogP contribution in [0.5, 0.6) is 5.75 Å². The van der Waals surface area contributed by atoms with Crippen LogP contribution in [0, 0.1) is 13.8 Å². The van der Waals surface area contributed by atoms with E-state index in [4.69, 9.17) is 4.74 Å². The lowest BCUT2D eigenvalue weighted by Gasteiger charge is -2.10. The molecular formula is C23H24N4O3. The highest BCUT2D eigenvalue weighted by Gasteiger charge is 2.14. The van der Waals surface area contributed by atoms with Crippen molar-refractivity contribution in [2.45, 2.75) is 33.9 Å². The second kappa shape index (κ2) is 8.02. The topological polar surface area (TPSA) is 77.6 Å². The zero-order valence-electron chi connectivity index (χ0n) is 17.3. The molecule has 0 saturated carbocycles. The average molecular weight is 404 g/mol. The Balaban J connectivity index is 1.53. The molecule has 0 aliphatic rings. The third-order valence-corrected chi connectivity index (χ3v) is 5.02. The summed E-state index contributed by atoms with van der Waals surface area (Å²) in [5, 5.41) is 8.19. The number of aryl methyl sites for hydroxylation is 2. The largest absolute Gasteiger partial charge is 0.494 e. The number of carbonyl (C=O) groups is 1. The molecule has 1 N–H and O–H groups in total. The lowest BCUT2D eigenvalue weighted by atomic mass is 10.2. The van der Waals surface area contributed by atoms with Crippen LogP contribution in [0.25, 0.3) is 16.4 Å². The maximum absolute atomic E-state index is 12.9. The number of amides is 1. The van der Waals surface area contributed by atoms with Crippen LogP contribution in [0.4, 0.5) is 0 Å². The Bertz CT molecular complexity index is 1290. The van der Waals surface area contributed by atoms with E-state index < -0.39 is 0 Å². The van der Waals surface area contributed by atoms with Gasteiger partial charge in [0.2, 0.25) is 5.91 Å². The molecule has 0 bridgehead atoms. The summed E-state index contributed by atoms with van der Waals surface area (Å²) in [4.78, 5) is 25.4. The molecular weight excluding hydrogens is 380 g/mol. The summed E-state index contributed by atoms with van der Waals surface area (Å²) in [5.74, 6) is 1.18. The summed E-state index contributed by atoms with van der Waals surface area (Å²) < 4.78 is 8.48. The minimum atomic E-state index is -0.286. The van der Waals surface area contributed by atoms with Gasteiger partial charge < -0.3 is 10.1 Å². The first-order chi connectivity index (χ1) is 14.5. The van der Waals surface area contributed by atoms with Crippen LogP contribution in [0.15, 0.2) is 53.3 Å². The smallest absolute Gasteiger partial charge is 0.291 e. The summed E-state index contributed by atoms with van der Waals surface area (Å²) in [6.07, 6.45) is 0. The number of hydrogen-bond donors (Lipinski definition) is 1. The fraction of sp³-hybridized carbons (Fsp3) is 0.261. The third-order valence-electron chi connectivity index (χ3n) is 5.02. The lowest BCUT2D eigenvalue weighted by molar-refractivity contribution is -0.122. The summed E-state index contributed by atoms with van der Waals surface area (Å²) in [6, 6.07) is 15.4. The molecule has 4 rings (SSSR count). The summed E-state index contributed by atoms with van der Waals surface area (Å²) in [7, 11) is 0. The molecule has 1 amide bonds. The molecule has 30 heavy (non-hydrogen) atoms. The summed E-state index contributed by atoms with van der Waals surface area (Å²) in [6.45, 7) is 6.63. The van der Waals surface area contributed by atoms with Crippen molar-refractivity contribution < 1.29 is 9.53 Å². The molecule has 2 heterocycles. The number of rotatable bonds is 6. The first-order valence-corrected chi connectivity index (χ1v) is 9.94. The molecule has 2 aromatic carbocycles. The Morgan fingerprint density at radius 2 is 1.83 bits per heavy atom. The Labute approximate surface area is 173 Å². The van der Waals surface area contributed by atoms with Crippen LogP contribution in [-0.4, -0.2) is 26.7 Å². The van der Waals surface area contributed by atoms with Crippen LogP contribution in [-0.2, 0) is 17.9 Å². The average Bonchev–Trinajstić information content (AvgIpc) is 3.11. The van der Waals surface area contributed by atoms with Crippen molar-refractivity contribution in [3.8, 4) is 5.75 Å². The van der Waals surface area contributed by atoms with E-state index in [1.807, 2.05) is 73.7 Å². The van der Waals surface area contributed by atoms with Gasteiger partial charge in [0.05, 0.1) is 12.1 Å². The van der Waals surface area contributed by atoms with Crippen molar-refractivity contribution in [3.05, 3.63) is 75.8 Å². The Morgan fingerprint density at radius 1 is 1.07 bits per heavy atom. The van der Waals surface area contributed by atoms with Crippen molar-refractivity contribution >= 4 is 22.3 Å². The van der Waals surface area contributed by atoms with E-state index in [9.17, 15) is 9.59 Å². The van der Waals surface area contributed by atoms with E-state index in [1.54, 1.807) is 0 Å². The first-order valence-electron chi connectivity index (χ1n) is 9.94. The number of nitrogens with zero attached hydrogens (tertiary/aromatic N) is 3. The van der Waals surface area contributed by atoms with Gasteiger partial charge in [0.15, 0.2) is 0 Å². The number of aromatic nitrogens is 3. The molecule has 0 unspecified atom stereocenters. The fourth-order valence-electron chi connectivity index (χ4n) is 3.61. The van der Waals surface area contributed by atoms with Gasteiger partial charge in [-0.1, -0.05) is 23.8 Å². The van der Waals surface area contributed by atoms with Gasteiger partial charge in [-0.15, -0.1) is 0 Å². The number of ether oxygens (including phenoxy) is 1. The lowest BCUT2D eigenvalue weighted by Crippen LogP contribution is -2.34. The molecule has 7 heteroatoms. The van der Waals surface area contributed by atoms with Gasteiger partial charge in [0.25, 0.3) is 5.56 Å². The summed E-state index contributed by atoms with van der Waals surface area (Å²) >= 11 is 0. The first kappa shape index (κ1) is 19.7. The van der Waals surface area contributed by atoms with Gasteiger partial charge in [0.1, 0.15) is 23.6 Å². The SMILES string of the molecule is CCOc1ccc(CNC(=O)Cn2nc(C)n3c(cc4cc(C)ccc43)c2=O)cc1. The number of fused-ring (bicyclic) bond motifs is 3. The monoisotopic (exact) mass is 404 g/mol. The number of carbonyl (C=O) groups excluding carboxylic acids is 1. The molecule has 154 valence electrons. The van der Waals surface area contributed by atoms with Crippen LogP contribution in [0.1, 0.15) is 23.9 Å². The van der Waals surface area contributed by atoms with Crippen molar-refractivity contribution in [2.24, 2.45) is 0 Å². The maximum Gasteiger partial charge on any atom is 0.291 e. The molecule has 0 atom stereocenters. The van der Waals surface area contributed by atoms with Gasteiger partial charge in [-0.3, -0.25) is 14.0 Å². The predicted molar refractivity (Wildman–Crippen MR) is 116 cm³/mol. The highest BCUT2D eigenvalue weighted by molar-refractivity contribution is 5.87. The quantitative estimate of drug-likeness (QED) is 0.536. The Morgan fingerprint density at radius 3 is 2.57 bits per heavy atom. The molecule has 0 aliphatic carbocycles. The number of hydrogen-bond acceptors (Lipinski definition) is 4. The number of benzene rings is 2. The normalized spacial score (nSPS) is 11.2. The van der Waals surface area contributed by atoms with Crippen LogP contribution < -0.4 is 15.6 Å². The molecule has 0 spiro atoms. The van der Waals surface area contributed by atoms with Gasteiger partial charge >= 0.3 is 0 Å². The molecule has 0 saturated heterocycles. The second-order valence-electron chi connectivity index (χ2n) is 7.29. The fourth-order valence-corrected chi connectivity index (χ4v) is 3.61. The highest BCUT2D eigenvalue weighted by atomic mass is 16.5. The molecule has 0 fully saturated rings. The van der Waals surface area contributed by atoms with Crippen molar-refractivity contribution in [1.29, 1.82) is 0 Å². The minimum absolute atomic E-state index is 0.131. The Hall–Kier alpha value is -3.61. The second-order valence-corrected chi connectivity index (χ2v) is 7.29. The molecule has 0 radical (unpaired) electrons. The minimum Gasteiger partial charge on any atom is -0.494 e. The predicted octanol–water partition coefficient (Wildman–Crippen LogP) is 2.98. The third kappa shape index (κ3) is 3.78. The van der Waals surface area contributed by atoms with Crippen LogP contribution in [0.3, 0.4) is 0 Å². The number of nitrogens with one attached hydrogen (secondary N) is 1. The zero-order valence-corrected chi connectivity index (χ0v) is 17.3. The highest BCUT2D eigenvalue weighted by Crippen LogP contribution is 2.20. The van der Waals surface area contributed by atoms with Gasteiger partial charge in [0, 0.05) is 11.9 Å². The van der Waals surface area contributed by atoms with E-state index >= 15 is 0 Å². The Kier molecular flexibility index (Phi) is 5.27. The standard InChI is InChI=1S/C23H24N4O3/c1-4-30-19-8-6-17(7-9-19)13-24-22(28)14-26-23(29)21-12-18-11-15(2)5-10-20(18)27(21)16(3)25-26/h5-12H,4,13-14H2,1-3H3,(H,24,28). The molecule has 2 aromatic heterocycles. The van der Waals surface area contributed by atoms with E-state index in [0.29, 0.717) is 24.5 Å². The van der Waals surface area contributed by atoms with Gasteiger partial charge in [-0.05, 0) is 56.7 Å². The zero-order chi connectivity index (χ0) is 21.3. The summed E-state index contributed by atoms with van der Waals surface area (Å²) in [5.41, 5.74) is 3.24. The van der Waals surface area contributed by atoms with Crippen molar-refractivity contribution in [3.63, 3.8) is 0 Å². The molecule has 0 aliphatic heterocycles. The van der Waals surface area contributed by atoms with E-state index in [2.05, 4.69) is 10.4 Å². The van der Waals surface area contributed by atoms with Crippen LogP contribution in [0.2, 0.25) is 0 Å².